The maximum absolute atomic E-state index is 11.6. The van der Waals surface area contributed by atoms with Gasteiger partial charge in [0, 0.05) is 29.7 Å². The molecule has 9 nitrogen and oxygen atoms in total. The molecule has 0 fully saturated rings. The predicted molar refractivity (Wildman–Crippen MR) is 105 cm³/mol. The third kappa shape index (κ3) is 4.54. The highest BCUT2D eigenvalue weighted by Gasteiger charge is 2.18. The number of hydrogen-bond donors (Lipinski definition) is 1. The molecule has 0 spiro atoms. The third-order valence-corrected chi connectivity index (χ3v) is 5.03. The highest BCUT2D eigenvalue weighted by molar-refractivity contribution is 8.03. The number of nitro benzene ring substituents is 1. The minimum atomic E-state index is -1.17. The number of aliphatic carboxylic acids is 1. The first-order valence-corrected chi connectivity index (χ1v) is 9.41. The summed E-state index contributed by atoms with van der Waals surface area (Å²) in [7, 11) is 0. The van der Waals surface area contributed by atoms with Crippen LogP contribution >= 0.6 is 11.8 Å². The van der Waals surface area contributed by atoms with E-state index in [0.29, 0.717) is 29.2 Å². The molecule has 0 aliphatic rings. The zero-order valence-corrected chi connectivity index (χ0v) is 16.6. The fourth-order valence-electron chi connectivity index (χ4n) is 2.54. The second-order valence-electron chi connectivity index (χ2n) is 6.13. The Morgan fingerprint density at radius 3 is 2.66 bits per heavy atom. The smallest absolute Gasteiger partial charge is 0.342 e. The molecular formula is C19H17N3O6S. The maximum atomic E-state index is 11.6. The van der Waals surface area contributed by atoms with Crippen LogP contribution in [0.3, 0.4) is 0 Å². The first kappa shape index (κ1) is 20.3. The molecule has 0 radical (unpaired) electrons. The largest absolute Gasteiger partial charge is 0.477 e. The summed E-state index contributed by atoms with van der Waals surface area (Å²) >= 11 is 0.816. The van der Waals surface area contributed by atoms with E-state index < -0.39 is 10.9 Å². The van der Waals surface area contributed by atoms with Crippen molar-refractivity contribution in [2.75, 3.05) is 0 Å². The zero-order valence-electron chi connectivity index (χ0n) is 15.8. The lowest BCUT2D eigenvalue weighted by molar-refractivity contribution is -0.385. The van der Waals surface area contributed by atoms with Gasteiger partial charge in [0.05, 0.1) is 4.92 Å². The van der Waals surface area contributed by atoms with Gasteiger partial charge in [-0.05, 0) is 49.4 Å². The number of benzene rings is 1. The first-order valence-electron chi connectivity index (χ1n) is 8.59. The number of aromatic nitrogens is 2. The van der Waals surface area contributed by atoms with Gasteiger partial charge in [0.15, 0.2) is 0 Å². The van der Waals surface area contributed by atoms with Crippen molar-refractivity contribution >= 4 is 29.5 Å². The van der Waals surface area contributed by atoms with Crippen molar-refractivity contribution in [3.8, 4) is 11.3 Å². The summed E-state index contributed by atoms with van der Waals surface area (Å²) in [6.45, 7) is 5.31. The number of nitro groups is 1. The van der Waals surface area contributed by atoms with Crippen molar-refractivity contribution in [3.63, 3.8) is 0 Å². The number of hydrogen-bond acceptors (Lipinski definition) is 8. The van der Waals surface area contributed by atoms with Gasteiger partial charge in [-0.2, -0.15) is 0 Å². The molecule has 2 heterocycles. The van der Waals surface area contributed by atoms with E-state index in [1.807, 2.05) is 6.92 Å². The normalized spacial score (nSPS) is 11.6. The quantitative estimate of drug-likeness (QED) is 0.254. The Labute approximate surface area is 169 Å². The van der Waals surface area contributed by atoms with Gasteiger partial charge in [-0.3, -0.25) is 10.1 Å². The van der Waals surface area contributed by atoms with E-state index in [4.69, 9.17) is 8.83 Å². The number of carboxylic acids is 1. The number of furan rings is 1. The molecule has 10 heteroatoms. The average Bonchev–Trinajstić information content (AvgIpc) is 3.32. The van der Waals surface area contributed by atoms with E-state index in [1.165, 1.54) is 12.1 Å². The van der Waals surface area contributed by atoms with E-state index in [2.05, 4.69) is 10.2 Å². The van der Waals surface area contributed by atoms with Crippen LogP contribution in [-0.2, 0) is 11.2 Å². The molecule has 0 bridgehead atoms. The number of aryl methyl sites for hydroxylation is 2. The van der Waals surface area contributed by atoms with Crippen LogP contribution in [0.15, 0.2) is 43.2 Å². The fraction of sp³-hybridized carbons (Fsp3) is 0.211. The minimum Gasteiger partial charge on any atom is -0.477 e. The van der Waals surface area contributed by atoms with Crippen molar-refractivity contribution in [1.29, 1.82) is 0 Å². The monoisotopic (exact) mass is 415 g/mol. The third-order valence-electron chi connectivity index (χ3n) is 4.18. The van der Waals surface area contributed by atoms with Crippen molar-refractivity contribution in [2.45, 2.75) is 32.4 Å². The van der Waals surface area contributed by atoms with E-state index in [1.54, 1.807) is 32.0 Å². The Morgan fingerprint density at radius 2 is 2.03 bits per heavy atom. The standard InChI is InChI=1S/C19H17N3O6S/c1-4-17-20-21-19(28-17)29-16(18(23)24)9-13-5-6-15(27-13)12-7-10(2)11(3)14(8-12)22(25)26/h5-9H,4H2,1-3H3,(H,23,24)/b16-9+. The van der Waals surface area contributed by atoms with Gasteiger partial charge < -0.3 is 13.9 Å². The van der Waals surface area contributed by atoms with Crippen molar-refractivity contribution < 1.29 is 23.7 Å². The number of thioether (sulfide) groups is 1. The fourth-order valence-corrected chi connectivity index (χ4v) is 3.21. The molecule has 0 saturated heterocycles. The summed E-state index contributed by atoms with van der Waals surface area (Å²) < 4.78 is 11.0. The van der Waals surface area contributed by atoms with Crippen LogP contribution in [0, 0.1) is 24.0 Å². The summed E-state index contributed by atoms with van der Waals surface area (Å²) in [5.41, 5.74) is 1.88. The van der Waals surface area contributed by atoms with Crippen LogP contribution in [0.25, 0.3) is 17.4 Å². The molecule has 2 aromatic heterocycles. The minimum absolute atomic E-state index is 0.00149. The molecule has 3 aromatic rings. The second-order valence-corrected chi connectivity index (χ2v) is 7.12. The number of carboxylic acid groups (broad SMARTS) is 1. The van der Waals surface area contributed by atoms with Crippen LogP contribution in [0.5, 0.6) is 0 Å². The Balaban J connectivity index is 1.91. The highest BCUT2D eigenvalue weighted by Crippen LogP contribution is 2.32. The van der Waals surface area contributed by atoms with Crippen molar-refractivity contribution in [3.05, 3.63) is 62.1 Å². The van der Waals surface area contributed by atoms with E-state index in [9.17, 15) is 20.0 Å². The Bertz CT molecular complexity index is 1120. The van der Waals surface area contributed by atoms with Gasteiger partial charge in [0.2, 0.25) is 5.89 Å². The molecule has 0 atom stereocenters. The van der Waals surface area contributed by atoms with Gasteiger partial charge in [0.1, 0.15) is 16.4 Å². The van der Waals surface area contributed by atoms with Gasteiger partial charge in [-0.25, -0.2) is 4.79 Å². The molecule has 150 valence electrons. The maximum Gasteiger partial charge on any atom is 0.342 e. The topological polar surface area (TPSA) is 132 Å². The van der Waals surface area contributed by atoms with Crippen LogP contribution in [-0.4, -0.2) is 26.2 Å². The molecule has 0 aliphatic heterocycles. The molecular weight excluding hydrogens is 398 g/mol. The molecule has 3 rings (SSSR count). The average molecular weight is 415 g/mol. The van der Waals surface area contributed by atoms with Gasteiger partial charge in [0.25, 0.3) is 10.9 Å². The second kappa shape index (κ2) is 8.31. The summed E-state index contributed by atoms with van der Waals surface area (Å²) in [4.78, 5) is 22.3. The summed E-state index contributed by atoms with van der Waals surface area (Å²) in [5, 5.41) is 28.4. The van der Waals surface area contributed by atoms with Crippen LogP contribution in [0.2, 0.25) is 0 Å². The van der Waals surface area contributed by atoms with Gasteiger partial charge in [-0.1, -0.05) is 6.92 Å². The lowest BCUT2D eigenvalue weighted by atomic mass is 10.0. The van der Waals surface area contributed by atoms with Crippen LogP contribution in [0.1, 0.15) is 29.7 Å². The summed E-state index contributed by atoms with van der Waals surface area (Å²) in [6, 6.07) is 6.44. The zero-order chi connectivity index (χ0) is 21.1. The molecule has 0 saturated carbocycles. The Kier molecular flexibility index (Phi) is 5.83. The molecule has 0 aliphatic carbocycles. The summed E-state index contributed by atoms with van der Waals surface area (Å²) in [5.74, 6) is -0.0934. The Hall–Kier alpha value is -3.40. The number of nitrogens with zero attached hydrogens (tertiary/aromatic N) is 3. The van der Waals surface area contributed by atoms with E-state index >= 15 is 0 Å². The number of rotatable bonds is 7. The summed E-state index contributed by atoms with van der Waals surface area (Å²) in [6.07, 6.45) is 1.88. The molecule has 1 aromatic carbocycles. The van der Waals surface area contributed by atoms with Crippen molar-refractivity contribution in [2.24, 2.45) is 0 Å². The molecule has 29 heavy (non-hydrogen) atoms. The number of carbonyl (C=O) groups is 1. The molecule has 0 unspecified atom stereocenters. The molecule has 0 amide bonds. The highest BCUT2D eigenvalue weighted by atomic mass is 32.2. The Morgan fingerprint density at radius 1 is 1.28 bits per heavy atom. The van der Waals surface area contributed by atoms with E-state index in [-0.39, 0.29) is 21.6 Å². The van der Waals surface area contributed by atoms with E-state index in [0.717, 1.165) is 17.3 Å². The lowest BCUT2D eigenvalue weighted by Gasteiger charge is -2.04. The SMILES string of the molecule is CCc1nnc(S/C(=C/c2ccc(-c3cc(C)c(C)c([N+](=O)[O-])c3)o2)C(=O)O)o1. The van der Waals surface area contributed by atoms with Crippen LogP contribution in [0.4, 0.5) is 5.69 Å². The van der Waals surface area contributed by atoms with Gasteiger partial charge >= 0.3 is 5.97 Å². The van der Waals surface area contributed by atoms with Gasteiger partial charge in [-0.15, -0.1) is 10.2 Å². The predicted octanol–water partition coefficient (Wildman–Crippen LogP) is 4.63. The van der Waals surface area contributed by atoms with Crippen molar-refractivity contribution in [1.82, 2.24) is 10.2 Å². The van der Waals surface area contributed by atoms with Crippen LogP contribution < -0.4 is 0 Å². The molecule has 1 N–H and O–H groups in total. The lowest BCUT2D eigenvalue weighted by Crippen LogP contribution is -1.96. The first-order chi connectivity index (χ1) is 13.8.